The number of alkyl halides is 3. The second-order valence-corrected chi connectivity index (χ2v) is 6.84. The minimum absolute atomic E-state index is 0.144. The van der Waals surface area contributed by atoms with Crippen LogP contribution in [0.4, 0.5) is 24.8 Å². The smallest absolute Gasteiger partial charge is 0.314 e. The predicted octanol–water partition coefficient (Wildman–Crippen LogP) is 6.07. The van der Waals surface area contributed by atoms with Crippen LogP contribution >= 0.6 is 23.4 Å². The Hall–Kier alpha value is -2.25. The third-order valence-electron chi connectivity index (χ3n) is 3.52. The highest BCUT2D eigenvalue weighted by molar-refractivity contribution is 7.99. The molecule has 8 heteroatoms. The molecule has 2 aromatic carbocycles. The first-order valence-corrected chi connectivity index (χ1v) is 8.70. The molecule has 0 saturated carbocycles. The van der Waals surface area contributed by atoms with E-state index in [1.54, 1.807) is 66.5 Å². The van der Waals surface area contributed by atoms with Gasteiger partial charge in [0.25, 0.3) is 0 Å². The Morgan fingerprint density at radius 1 is 1.00 bits per heavy atom. The minimum Gasteiger partial charge on any atom is -0.314 e. The average Bonchev–Trinajstić information content (AvgIpc) is 2.61. The highest BCUT2D eigenvalue weighted by Gasteiger charge is 2.35. The molecular formula is C18H13ClF3N3S. The Labute approximate surface area is 157 Å². The number of aromatic nitrogens is 2. The zero-order valence-electron chi connectivity index (χ0n) is 13.5. The predicted molar refractivity (Wildman–Crippen MR) is 97.1 cm³/mol. The van der Waals surface area contributed by atoms with Gasteiger partial charge in [0.15, 0.2) is 0 Å². The van der Waals surface area contributed by atoms with Gasteiger partial charge < -0.3 is 4.90 Å². The Bertz CT molecular complexity index is 886. The Balaban J connectivity index is 2.00. The zero-order valence-corrected chi connectivity index (χ0v) is 15.1. The van der Waals surface area contributed by atoms with Crippen molar-refractivity contribution in [3.8, 4) is 0 Å². The van der Waals surface area contributed by atoms with Crippen LogP contribution in [0.3, 0.4) is 0 Å². The first-order chi connectivity index (χ1) is 12.3. The Morgan fingerprint density at radius 2 is 1.65 bits per heavy atom. The Morgan fingerprint density at radius 3 is 2.27 bits per heavy atom. The molecule has 0 N–H and O–H groups in total. The molecule has 0 aliphatic carbocycles. The van der Waals surface area contributed by atoms with Crippen LogP contribution in [0.15, 0.2) is 70.7 Å². The van der Waals surface area contributed by atoms with Crippen LogP contribution in [0.2, 0.25) is 5.02 Å². The molecule has 0 aliphatic rings. The highest BCUT2D eigenvalue weighted by Crippen LogP contribution is 2.39. The van der Waals surface area contributed by atoms with Gasteiger partial charge in [-0.2, -0.15) is 13.2 Å². The van der Waals surface area contributed by atoms with Crippen molar-refractivity contribution in [2.24, 2.45) is 0 Å². The molecule has 26 heavy (non-hydrogen) atoms. The van der Waals surface area contributed by atoms with Crippen molar-refractivity contribution in [1.29, 1.82) is 0 Å². The van der Waals surface area contributed by atoms with E-state index in [2.05, 4.69) is 9.97 Å². The van der Waals surface area contributed by atoms with E-state index in [0.29, 0.717) is 15.6 Å². The average molecular weight is 396 g/mol. The van der Waals surface area contributed by atoms with Gasteiger partial charge in [0.1, 0.15) is 10.6 Å². The van der Waals surface area contributed by atoms with Gasteiger partial charge in [0.05, 0.1) is 0 Å². The molecule has 0 unspecified atom stereocenters. The van der Waals surface area contributed by atoms with Crippen molar-refractivity contribution in [1.82, 2.24) is 9.97 Å². The van der Waals surface area contributed by atoms with Crippen LogP contribution in [-0.4, -0.2) is 17.0 Å². The summed E-state index contributed by atoms with van der Waals surface area (Å²) in [4.78, 5) is 10.3. The fraction of sp³-hybridized carbons (Fsp3) is 0.111. The van der Waals surface area contributed by atoms with Gasteiger partial charge >= 0.3 is 6.18 Å². The van der Waals surface area contributed by atoms with E-state index in [0.717, 1.165) is 18.0 Å². The van der Waals surface area contributed by atoms with Crippen LogP contribution < -0.4 is 4.90 Å². The second-order valence-electron chi connectivity index (χ2n) is 5.34. The van der Waals surface area contributed by atoms with Crippen LogP contribution in [0, 0.1) is 0 Å². The molecule has 0 amide bonds. The van der Waals surface area contributed by atoms with Crippen molar-refractivity contribution in [3.63, 3.8) is 0 Å². The summed E-state index contributed by atoms with van der Waals surface area (Å²) < 4.78 is 40.0. The maximum absolute atomic E-state index is 13.3. The molecule has 3 nitrogen and oxygen atoms in total. The summed E-state index contributed by atoms with van der Waals surface area (Å²) in [6.07, 6.45) is -3.71. The van der Waals surface area contributed by atoms with E-state index in [1.165, 1.54) is 0 Å². The lowest BCUT2D eigenvalue weighted by Crippen LogP contribution is -2.16. The maximum Gasteiger partial charge on any atom is 0.420 e. The lowest BCUT2D eigenvalue weighted by atomic mass is 10.3. The number of nitrogens with zero attached hydrogens (tertiary/aromatic N) is 3. The molecule has 0 fully saturated rings. The summed E-state index contributed by atoms with van der Waals surface area (Å²) in [7, 11) is 1.68. The van der Waals surface area contributed by atoms with Crippen molar-refractivity contribution >= 4 is 35.0 Å². The molecule has 0 spiro atoms. The summed E-state index contributed by atoms with van der Waals surface area (Å²) in [5.74, 6) is 0.166. The van der Waals surface area contributed by atoms with Gasteiger partial charge in [-0.15, -0.1) is 0 Å². The van der Waals surface area contributed by atoms with Crippen LogP contribution in [0.5, 0.6) is 0 Å². The monoisotopic (exact) mass is 395 g/mol. The molecular weight excluding hydrogens is 383 g/mol. The molecule has 3 rings (SSSR count). The summed E-state index contributed by atoms with van der Waals surface area (Å²) in [6.45, 7) is 0. The third kappa shape index (κ3) is 4.28. The SMILES string of the molecule is CN(c1ccc(Cl)cc1)c1ncc(C(F)(F)F)c(Sc2ccccc2)n1. The molecule has 0 atom stereocenters. The largest absolute Gasteiger partial charge is 0.420 e. The van der Waals surface area contributed by atoms with Gasteiger partial charge in [-0.1, -0.05) is 41.6 Å². The third-order valence-corrected chi connectivity index (χ3v) is 4.78. The van der Waals surface area contributed by atoms with Crippen molar-refractivity contribution in [2.45, 2.75) is 16.1 Å². The number of anilines is 2. The first-order valence-electron chi connectivity index (χ1n) is 7.51. The van der Waals surface area contributed by atoms with Crippen LogP contribution in [-0.2, 0) is 6.18 Å². The second kappa shape index (κ2) is 7.55. The molecule has 134 valence electrons. The summed E-state index contributed by atoms with van der Waals surface area (Å²) >= 11 is 6.82. The van der Waals surface area contributed by atoms with Gasteiger partial charge in [-0.05, 0) is 36.4 Å². The fourth-order valence-corrected chi connectivity index (χ4v) is 3.22. The van der Waals surface area contributed by atoms with Gasteiger partial charge in [-0.25, -0.2) is 9.97 Å². The summed E-state index contributed by atoms with van der Waals surface area (Å²) in [6, 6.07) is 15.7. The van der Waals surface area contributed by atoms with Crippen LogP contribution in [0.1, 0.15) is 5.56 Å². The fourth-order valence-electron chi connectivity index (χ4n) is 2.17. The lowest BCUT2D eigenvalue weighted by Gasteiger charge is -2.19. The number of halogens is 4. The Kier molecular flexibility index (Phi) is 5.38. The van der Waals surface area contributed by atoms with Crippen molar-refractivity contribution in [3.05, 3.63) is 71.4 Å². The van der Waals surface area contributed by atoms with E-state index in [-0.39, 0.29) is 11.0 Å². The molecule has 0 saturated heterocycles. The molecule has 0 radical (unpaired) electrons. The minimum atomic E-state index is -4.53. The highest BCUT2D eigenvalue weighted by atomic mass is 35.5. The zero-order chi connectivity index (χ0) is 18.7. The van der Waals surface area contributed by atoms with E-state index in [1.807, 2.05) is 0 Å². The van der Waals surface area contributed by atoms with Gasteiger partial charge in [0, 0.05) is 28.9 Å². The number of benzene rings is 2. The number of hydrogen-bond acceptors (Lipinski definition) is 4. The molecule has 1 heterocycles. The molecule has 0 bridgehead atoms. The van der Waals surface area contributed by atoms with Crippen molar-refractivity contribution < 1.29 is 13.2 Å². The van der Waals surface area contributed by atoms with Crippen LogP contribution in [0.25, 0.3) is 0 Å². The quantitative estimate of drug-likeness (QED) is 0.501. The maximum atomic E-state index is 13.3. The summed E-state index contributed by atoms with van der Waals surface area (Å²) in [5, 5.41) is 0.422. The summed E-state index contributed by atoms with van der Waals surface area (Å²) in [5.41, 5.74) is -0.149. The van der Waals surface area contributed by atoms with Crippen molar-refractivity contribution in [2.75, 3.05) is 11.9 Å². The number of rotatable bonds is 4. The molecule has 0 aliphatic heterocycles. The van der Waals surface area contributed by atoms with E-state index in [4.69, 9.17) is 11.6 Å². The molecule has 1 aromatic heterocycles. The van der Waals surface area contributed by atoms with Gasteiger partial charge in [-0.3, -0.25) is 0 Å². The normalized spacial score (nSPS) is 11.4. The standard InChI is InChI=1S/C18H13ClF3N3S/c1-25(13-9-7-12(19)8-10-13)17-23-11-15(18(20,21)22)16(24-17)26-14-5-3-2-4-6-14/h2-11H,1H3. The molecule has 3 aromatic rings. The number of hydrogen-bond donors (Lipinski definition) is 0. The lowest BCUT2D eigenvalue weighted by molar-refractivity contribution is -0.140. The first kappa shape index (κ1) is 18.5. The van der Waals surface area contributed by atoms with E-state index < -0.39 is 11.7 Å². The van der Waals surface area contributed by atoms with E-state index >= 15 is 0 Å². The van der Waals surface area contributed by atoms with E-state index in [9.17, 15) is 13.2 Å². The van der Waals surface area contributed by atoms with Gasteiger partial charge in [0.2, 0.25) is 5.95 Å². The topological polar surface area (TPSA) is 29.0 Å².